The average Bonchev–Trinajstić information content (AvgIpc) is 2.58. The molecule has 134 valence electrons. The van der Waals surface area contributed by atoms with Gasteiger partial charge in [0.2, 0.25) is 0 Å². The van der Waals surface area contributed by atoms with Gasteiger partial charge >= 0.3 is 0 Å². The van der Waals surface area contributed by atoms with Crippen molar-refractivity contribution in [1.82, 2.24) is 0 Å². The summed E-state index contributed by atoms with van der Waals surface area (Å²) >= 11 is 3.46. The van der Waals surface area contributed by atoms with Crippen molar-refractivity contribution in [3.8, 4) is 11.8 Å². The molecule has 0 atom stereocenters. The van der Waals surface area contributed by atoms with E-state index in [9.17, 15) is 10.1 Å². The topological polar surface area (TPSA) is 62.1 Å². The summed E-state index contributed by atoms with van der Waals surface area (Å²) in [5, 5.41) is 12.2. The fourth-order valence-electron chi connectivity index (χ4n) is 2.35. The Morgan fingerprint density at radius 1 is 1.27 bits per heavy atom. The number of halogens is 1. The van der Waals surface area contributed by atoms with Crippen molar-refractivity contribution in [3.63, 3.8) is 0 Å². The van der Waals surface area contributed by atoms with Crippen LogP contribution < -0.4 is 10.1 Å². The Bertz CT molecular complexity index is 895. The maximum absolute atomic E-state index is 12.5. The largest absolute Gasteiger partial charge is 0.490 e. The quantitative estimate of drug-likeness (QED) is 0.528. The minimum atomic E-state index is -0.431. The SMILES string of the molecule is Cc1cccc(NC(=O)/C(C#N)=C/c2ccc(OC(C)C)c(Br)c2)c1C. The highest BCUT2D eigenvalue weighted by atomic mass is 79.9. The lowest BCUT2D eigenvalue weighted by Gasteiger charge is -2.12. The van der Waals surface area contributed by atoms with Crippen LogP contribution in [-0.4, -0.2) is 12.0 Å². The van der Waals surface area contributed by atoms with E-state index in [4.69, 9.17) is 4.74 Å². The molecule has 2 aromatic carbocycles. The molecule has 1 N–H and O–H groups in total. The van der Waals surface area contributed by atoms with Gasteiger partial charge in [-0.1, -0.05) is 18.2 Å². The number of carbonyl (C=O) groups excluding carboxylic acids is 1. The van der Waals surface area contributed by atoms with E-state index in [1.807, 2.05) is 70.2 Å². The Kier molecular flexibility index (Phi) is 6.59. The van der Waals surface area contributed by atoms with Gasteiger partial charge in [0.05, 0.1) is 10.6 Å². The maximum Gasteiger partial charge on any atom is 0.266 e. The van der Waals surface area contributed by atoms with Crippen LogP contribution in [0.25, 0.3) is 6.08 Å². The molecule has 0 unspecified atom stereocenters. The molecule has 0 fully saturated rings. The fourth-order valence-corrected chi connectivity index (χ4v) is 2.84. The second-order valence-electron chi connectivity index (χ2n) is 6.23. The predicted molar refractivity (Wildman–Crippen MR) is 108 cm³/mol. The van der Waals surface area contributed by atoms with E-state index in [2.05, 4.69) is 21.2 Å². The molecule has 0 radical (unpaired) electrons. The monoisotopic (exact) mass is 412 g/mol. The second-order valence-corrected chi connectivity index (χ2v) is 7.08. The number of nitrogens with one attached hydrogen (secondary N) is 1. The molecule has 4 nitrogen and oxygen atoms in total. The summed E-state index contributed by atoms with van der Waals surface area (Å²) < 4.78 is 6.44. The summed E-state index contributed by atoms with van der Waals surface area (Å²) in [7, 11) is 0. The molecule has 0 bridgehead atoms. The van der Waals surface area contributed by atoms with Crippen LogP contribution in [0.1, 0.15) is 30.5 Å². The first-order chi connectivity index (χ1) is 12.3. The number of nitrogens with zero attached hydrogens (tertiary/aromatic N) is 1. The van der Waals surface area contributed by atoms with E-state index in [0.717, 1.165) is 26.9 Å². The molecule has 2 rings (SSSR count). The van der Waals surface area contributed by atoms with Crippen molar-refractivity contribution in [3.05, 3.63) is 63.1 Å². The Balaban J connectivity index is 2.24. The van der Waals surface area contributed by atoms with Gasteiger partial charge in [-0.15, -0.1) is 0 Å². The molecule has 0 aromatic heterocycles. The third-order valence-corrected chi connectivity index (χ3v) is 4.47. The third-order valence-electron chi connectivity index (χ3n) is 3.85. The zero-order chi connectivity index (χ0) is 19.3. The van der Waals surface area contributed by atoms with Crippen LogP contribution in [0.2, 0.25) is 0 Å². The van der Waals surface area contributed by atoms with E-state index in [1.165, 1.54) is 0 Å². The highest BCUT2D eigenvalue weighted by Crippen LogP contribution is 2.28. The summed E-state index contributed by atoms with van der Waals surface area (Å²) in [4.78, 5) is 12.5. The molecule has 5 heteroatoms. The molecule has 0 aliphatic rings. The number of hydrogen-bond donors (Lipinski definition) is 1. The molecule has 0 saturated carbocycles. The fraction of sp³-hybridized carbons (Fsp3) is 0.238. The van der Waals surface area contributed by atoms with Crippen LogP contribution in [0.3, 0.4) is 0 Å². The number of aryl methyl sites for hydroxylation is 1. The molecule has 0 aliphatic heterocycles. The number of ether oxygens (including phenoxy) is 1. The third kappa shape index (κ3) is 4.96. The van der Waals surface area contributed by atoms with Gasteiger partial charge in [0.25, 0.3) is 5.91 Å². The van der Waals surface area contributed by atoms with Crippen molar-refractivity contribution >= 4 is 33.6 Å². The first-order valence-electron chi connectivity index (χ1n) is 8.27. The molecule has 1 amide bonds. The van der Waals surface area contributed by atoms with Crippen LogP contribution in [-0.2, 0) is 4.79 Å². The van der Waals surface area contributed by atoms with E-state index < -0.39 is 5.91 Å². The lowest BCUT2D eigenvalue weighted by molar-refractivity contribution is -0.112. The number of benzene rings is 2. The number of anilines is 1. The molecule has 2 aromatic rings. The number of nitriles is 1. The van der Waals surface area contributed by atoms with Crippen molar-refractivity contribution in [2.45, 2.75) is 33.8 Å². The second kappa shape index (κ2) is 8.68. The van der Waals surface area contributed by atoms with Gasteiger partial charge in [0.1, 0.15) is 17.4 Å². The highest BCUT2D eigenvalue weighted by molar-refractivity contribution is 9.10. The lowest BCUT2D eigenvalue weighted by Crippen LogP contribution is -2.14. The first-order valence-corrected chi connectivity index (χ1v) is 9.06. The van der Waals surface area contributed by atoms with Crippen LogP contribution in [0.5, 0.6) is 5.75 Å². The smallest absolute Gasteiger partial charge is 0.266 e. The summed E-state index contributed by atoms with van der Waals surface area (Å²) in [6.45, 7) is 7.81. The minimum absolute atomic E-state index is 0.0373. The number of hydrogen-bond acceptors (Lipinski definition) is 3. The Labute approximate surface area is 162 Å². The van der Waals surface area contributed by atoms with Gasteiger partial charge in [-0.2, -0.15) is 5.26 Å². The molecule has 0 spiro atoms. The number of amides is 1. The average molecular weight is 413 g/mol. The molecule has 0 aliphatic carbocycles. The van der Waals surface area contributed by atoms with Crippen LogP contribution >= 0.6 is 15.9 Å². The van der Waals surface area contributed by atoms with Gasteiger partial charge in [0.15, 0.2) is 0 Å². The summed E-state index contributed by atoms with van der Waals surface area (Å²) in [6.07, 6.45) is 1.62. The minimum Gasteiger partial charge on any atom is -0.490 e. The molecule has 26 heavy (non-hydrogen) atoms. The summed E-state index contributed by atoms with van der Waals surface area (Å²) in [5.74, 6) is 0.287. The zero-order valence-electron chi connectivity index (χ0n) is 15.3. The highest BCUT2D eigenvalue weighted by Gasteiger charge is 2.12. The van der Waals surface area contributed by atoms with Crippen molar-refractivity contribution < 1.29 is 9.53 Å². The lowest BCUT2D eigenvalue weighted by atomic mass is 10.1. The Morgan fingerprint density at radius 3 is 2.62 bits per heavy atom. The molecule has 0 saturated heterocycles. The maximum atomic E-state index is 12.5. The van der Waals surface area contributed by atoms with Crippen molar-refractivity contribution in [2.24, 2.45) is 0 Å². The molecule has 0 heterocycles. The Hall–Kier alpha value is -2.58. The normalized spacial score (nSPS) is 11.2. The predicted octanol–water partition coefficient (Wildman–Crippen LogP) is 5.40. The van der Waals surface area contributed by atoms with E-state index >= 15 is 0 Å². The number of rotatable bonds is 5. The van der Waals surface area contributed by atoms with Crippen LogP contribution in [0.4, 0.5) is 5.69 Å². The zero-order valence-corrected chi connectivity index (χ0v) is 16.8. The van der Waals surface area contributed by atoms with Crippen molar-refractivity contribution in [2.75, 3.05) is 5.32 Å². The van der Waals surface area contributed by atoms with E-state index in [-0.39, 0.29) is 11.7 Å². The van der Waals surface area contributed by atoms with Crippen molar-refractivity contribution in [1.29, 1.82) is 5.26 Å². The van der Waals surface area contributed by atoms with Crippen LogP contribution in [0.15, 0.2) is 46.4 Å². The standard InChI is InChI=1S/C21H21BrN2O2/c1-13(2)26-20-9-8-16(11-18(20)22)10-17(12-23)21(25)24-19-7-5-6-14(3)15(19)4/h5-11,13H,1-4H3,(H,24,25)/b17-10+. The van der Waals surface area contributed by atoms with Gasteiger partial charge in [0, 0.05) is 5.69 Å². The molecular weight excluding hydrogens is 392 g/mol. The molecular formula is C21H21BrN2O2. The number of carbonyl (C=O) groups is 1. The van der Waals surface area contributed by atoms with E-state index in [1.54, 1.807) is 6.08 Å². The van der Waals surface area contributed by atoms with E-state index in [0.29, 0.717) is 5.69 Å². The Morgan fingerprint density at radius 2 is 2.00 bits per heavy atom. The van der Waals surface area contributed by atoms with Gasteiger partial charge in [-0.3, -0.25) is 4.79 Å². The van der Waals surface area contributed by atoms with Gasteiger partial charge < -0.3 is 10.1 Å². The van der Waals surface area contributed by atoms with Gasteiger partial charge in [-0.05, 0) is 84.6 Å². The summed E-state index contributed by atoms with van der Waals surface area (Å²) in [6, 6.07) is 13.1. The summed E-state index contributed by atoms with van der Waals surface area (Å²) in [5.41, 5.74) is 3.54. The van der Waals surface area contributed by atoms with Crippen LogP contribution in [0, 0.1) is 25.2 Å². The first kappa shape index (κ1) is 19.7. The van der Waals surface area contributed by atoms with Gasteiger partial charge in [-0.25, -0.2) is 0 Å².